The molecule has 0 rings (SSSR count). The highest BCUT2D eigenvalue weighted by Crippen LogP contribution is 2.12. The van der Waals surface area contributed by atoms with Gasteiger partial charge in [-0.1, -0.05) is 97.3 Å². The third-order valence-corrected chi connectivity index (χ3v) is 4.43. The Morgan fingerprint density at radius 1 is 0.636 bits per heavy atom. The quantitative estimate of drug-likeness (QED) is 0.303. The first kappa shape index (κ1) is 21.9. The number of aliphatic hydroxyl groups excluding tert-OH is 1. The molecule has 2 nitrogen and oxygen atoms in total. The molecule has 0 aliphatic heterocycles. The first-order chi connectivity index (χ1) is 10.8. The molecule has 0 saturated heterocycles. The molecule has 0 heterocycles. The first-order valence-corrected chi connectivity index (χ1v) is 10.1. The molecule has 0 aliphatic rings. The zero-order chi connectivity index (χ0) is 16.3. The molecule has 2 heteroatoms. The normalized spacial score (nSPS) is 12.7. The lowest BCUT2D eigenvalue weighted by molar-refractivity contribution is 0.00497. The van der Waals surface area contributed by atoms with Crippen molar-refractivity contribution in [2.24, 2.45) is 0 Å². The van der Waals surface area contributed by atoms with E-state index in [0.29, 0.717) is 0 Å². The van der Waals surface area contributed by atoms with Gasteiger partial charge in [-0.3, -0.25) is 0 Å². The highest BCUT2D eigenvalue weighted by Gasteiger charge is 2.07. The molecule has 1 unspecified atom stereocenters. The van der Waals surface area contributed by atoms with Crippen molar-refractivity contribution in [1.82, 2.24) is 0 Å². The fourth-order valence-corrected chi connectivity index (χ4v) is 2.87. The second kappa shape index (κ2) is 19.0. The molecule has 0 aromatic rings. The molecule has 22 heavy (non-hydrogen) atoms. The average molecular weight is 315 g/mol. The maximum atomic E-state index is 9.37. The summed E-state index contributed by atoms with van der Waals surface area (Å²) in [5, 5.41) is 9.37. The molecule has 0 spiro atoms. The number of rotatable bonds is 18. The van der Waals surface area contributed by atoms with Gasteiger partial charge in [-0.2, -0.15) is 0 Å². The van der Waals surface area contributed by atoms with Crippen molar-refractivity contribution in [1.29, 1.82) is 0 Å². The van der Waals surface area contributed by atoms with Crippen molar-refractivity contribution in [3.05, 3.63) is 0 Å². The Bertz CT molecular complexity index is 194. The van der Waals surface area contributed by atoms with Crippen molar-refractivity contribution in [3.8, 4) is 0 Å². The Hall–Kier alpha value is -0.0800. The summed E-state index contributed by atoms with van der Waals surface area (Å²) in [4.78, 5) is 0. The average Bonchev–Trinajstić information content (AvgIpc) is 2.54. The van der Waals surface area contributed by atoms with Gasteiger partial charge in [0.1, 0.15) is 0 Å². The molecule has 134 valence electrons. The fourth-order valence-electron chi connectivity index (χ4n) is 2.87. The van der Waals surface area contributed by atoms with Crippen LogP contribution >= 0.6 is 0 Å². The molecule has 0 amide bonds. The second-order valence-corrected chi connectivity index (χ2v) is 6.71. The summed E-state index contributed by atoms with van der Waals surface area (Å²) in [6.45, 7) is 5.53. The van der Waals surface area contributed by atoms with Crippen molar-refractivity contribution in [2.45, 2.75) is 116 Å². The van der Waals surface area contributed by atoms with E-state index < -0.39 is 0 Å². The standard InChI is InChI=1S/C20H42O2/c1-3-5-7-9-11-12-13-15-17-20(19-21)22-18-16-14-10-8-6-4-2/h20-21H,3-19H2,1-2H3. The van der Waals surface area contributed by atoms with E-state index in [2.05, 4.69) is 13.8 Å². The summed E-state index contributed by atoms with van der Waals surface area (Å²) in [6.07, 6.45) is 19.6. The van der Waals surface area contributed by atoms with Gasteiger partial charge in [0.15, 0.2) is 0 Å². The van der Waals surface area contributed by atoms with Crippen LogP contribution < -0.4 is 0 Å². The molecule has 0 saturated carbocycles. The van der Waals surface area contributed by atoms with E-state index in [4.69, 9.17) is 4.74 Å². The lowest BCUT2D eigenvalue weighted by Gasteiger charge is -2.15. The van der Waals surface area contributed by atoms with Gasteiger partial charge in [0.25, 0.3) is 0 Å². The third-order valence-electron chi connectivity index (χ3n) is 4.43. The van der Waals surface area contributed by atoms with Crippen molar-refractivity contribution in [2.75, 3.05) is 13.2 Å². The number of hydrogen-bond donors (Lipinski definition) is 1. The summed E-state index contributed by atoms with van der Waals surface area (Å²) in [5.41, 5.74) is 0. The topological polar surface area (TPSA) is 29.5 Å². The molecule has 0 radical (unpaired) electrons. The van der Waals surface area contributed by atoms with E-state index in [1.54, 1.807) is 0 Å². The molecule has 1 N–H and O–H groups in total. The molecule has 0 aliphatic carbocycles. The Kier molecular flexibility index (Phi) is 18.9. The third kappa shape index (κ3) is 16.3. The van der Waals surface area contributed by atoms with Crippen LogP contribution in [0, 0.1) is 0 Å². The molecule has 0 aromatic carbocycles. The lowest BCUT2D eigenvalue weighted by atomic mass is 10.1. The van der Waals surface area contributed by atoms with Gasteiger partial charge in [-0.05, 0) is 12.8 Å². The highest BCUT2D eigenvalue weighted by atomic mass is 16.5. The van der Waals surface area contributed by atoms with Crippen LogP contribution in [-0.4, -0.2) is 24.4 Å². The van der Waals surface area contributed by atoms with Crippen LogP contribution in [0.2, 0.25) is 0 Å². The van der Waals surface area contributed by atoms with Crippen LogP contribution in [0.4, 0.5) is 0 Å². The number of unbranched alkanes of at least 4 members (excludes halogenated alkanes) is 12. The summed E-state index contributed by atoms with van der Waals surface area (Å²) >= 11 is 0. The Balaban J connectivity index is 3.29. The van der Waals surface area contributed by atoms with E-state index in [1.807, 2.05) is 0 Å². The Morgan fingerprint density at radius 3 is 1.59 bits per heavy atom. The predicted molar refractivity (Wildman–Crippen MR) is 97.4 cm³/mol. The van der Waals surface area contributed by atoms with Crippen LogP contribution in [0.3, 0.4) is 0 Å². The monoisotopic (exact) mass is 314 g/mol. The number of ether oxygens (including phenoxy) is 1. The van der Waals surface area contributed by atoms with E-state index in [0.717, 1.165) is 19.4 Å². The summed E-state index contributed by atoms with van der Waals surface area (Å²) in [7, 11) is 0. The molecule has 0 bridgehead atoms. The Morgan fingerprint density at radius 2 is 1.09 bits per heavy atom. The van der Waals surface area contributed by atoms with Crippen molar-refractivity contribution >= 4 is 0 Å². The van der Waals surface area contributed by atoms with E-state index in [9.17, 15) is 5.11 Å². The number of hydrogen-bond acceptors (Lipinski definition) is 2. The maximum Gasteiger partial charge on any atom is 0.0805 e. The molecular formula is C20H42O2. The molecule has 0 fully saturated rings. The van der Waals surface area contributed by atoms with Crippen LogP contribution in [0.25, 0.3) is 0 Å². The van der Waals surface area contributed by atoms with Crippen LogP contribution in [0.15, 0.2) is 0 Å². The summed E-state index contributed by atoms with van der Waals surface area (Å²) < 4.78 is 5.81. The van der Waals surface area contributed by atoms with Crippen LogP contribution in [0.5, 0.6) is 0 Å². The van der Waals surface area contributed by atoms with Crippen molar-refractivity contribution < 1.29 is 9.84 Å². The van der Waals surface area contributed by atoms with Crippen molar-refractivity contribution in [3.63, 3.8) is 0 Å². The predicted octanol–water partition coefficient (Wildman–Crippen LogP) is 6.26. The minimum Gasteiger partial charge on any atom is -0.394 e. The number of aliphatic hydroxyl groups is 1. The molecule has 1 atom stereocenters. The fraction of sp³-hybridized carbons (Fsp3) is 1.00. The SMILES string of the molecule is CCCCCCCCCCC(CO)OCCCCCCCC. The Labute approximate surface area is 140 Å². The van der Waals surface area contributed by atoms with Gasteiger partial charge in [0, 0.05) is 6.61 Å². The van der Waals surface area contributed by atoms with Gasteiger partial charge >= 0.3 is 0 Å². The van der Waals surface area contributed by atoms with E-state index in [1.165, 1.54) is 83.5 Å². The first-order valence-electron chi connectivity index (χ1n) is 10.1. The van der Waals surface area contributed by atoms with Gasteiger partial charge in [-0.25, -0.2) is 0 Å². The largest absolute Gasteiger partial charge is 0.394 e. The zero-order valence-electron chi connectivity index (χ0n) is 15.5. The highest BCUT2D eigenvalue weighted by molar-refractivity contribution is 4.57. The summed E-state index contributed by atoms with van der Waals surface area (Å²) in [6, 6.07) is 0. The van der Waals surface area contributed by atoms with Gasteiger partial charge in [0.2, 0.25) is 0 Å². The summed E-state index contributed by atoms with van der Waals surface area (Å²) in [5.74, 6) is 0. The smallest absolute Gasteiger partial charge is 0.0805 e. The van der Waals surface area contributed by atoms with Gasteiger partial charge in [0.05, 0.1) is 12.7 Å². The van der Waals surface area contributed by atoms with E-state index in [-0.39, 0.29) is 12.7 Å². The lowest BCUT2D eigenvalue weighted by Crippen LogP contribution is -2.18. The molecular weight excluding hydrogens is 272 g/mol. The maximum absolute atomic E-state index is 9.37. The second-order valence-electron chi connectivity index (χ2n) is 6.71. The van der Waals surface area contributed by atoms with Crippen LogP contribution in [0.1, 0.15) is 110 Å². The minimum absolute atomic E-state index is 0.0794. The van der Waals surface area contributed by atoms with Crippen LogP contribution in [-0.2, 0) is 4.74 Å². The van der Waals surface area contributed by atoms with Gasteiger partial charge in [-0.15, -0.1) is 0 Å². The minimum atomic E-state index is 0.0794. The van der Waals surface area contributed by atoms with Gasteiger partial charge < -0.3 is 9.84 Å². The zero-order valence-corrected chi connectivity index (χ0v) is 15.5. The van der Waals surface area contributed by atoms with E-state index >= 15 is 0 Å². The molecule has 0 aromatic heterocycles.